The van der Waals surface area contributed by atoms with E-state index in [0.29, 0.717) is 62.9 Å². The van der Waals surface area contributed by atoms with Crippen LogP contribution in [0.25, 0.3) is 0 Å². The number of likely N-dealkylation sites (tertiary alicyclic amines) is 1. The molecule has 30 heavy (non-hydrogen) atoms. The zero-order chi connectivity index (χ0) is 21.7. The fourth-order valence-electron chi connectivity index (χ4n) is 3.67. The maximum atomic E-state index is 12.7. The molecule has 0 radical (unpaired) electrons. The first-order valence-corrected chi connectivity index (χ1v) is 11.2. The summed E-state index contributed by atoms with van der Waals surface area (Å²) in [7, 11) is 0. The minimum atomic E-state index is -0.689. The van der Waals surface area contributed by atoms with Crippen LogP contribution in [-0.4, -0.2) is 73.1 Å². The number of morpholine rings is 1. The van der Waals surface area contributed by atoms with E-state index in [1.54, 1.807) is 30.0 Å². The van der Waals surface area contributed by atoms with Crippen LogP contribution in [0.5, 0.6) is 0 Å². The van der Waals surface area contributed by atoms with E-state index in [2.05, 4.69) is 26.6 Å². The van der Waals surface area contributed by atoms with Crippen LogP contribution in [0.1, 0.15) is 19.8 Å². The number of urea groups is 1. The van der Waals surface area contributed by atoms with E-state index in [-0.39, 0.29) is 17.7 Å². The number of piperidine rings is 1. The highest BCUT2D eigenvalue weighted by molar-refractivity contribution is 9.10. The van der Waals surface area contributed by atoms with Crippen molar-refractivity contribution in [3.8, 4) is 0 Å². The molecule has 0 aliphatic carbocycles. The first kappa shape index (κ1) is 22.8. The molecule has 3 rings (SSSR count). The third-order valence-corrected chi connectivity index (χ3v) is 6.18. The molecule has 4 amide bonds. The van der Waals surface area contributed by atoms with Crippen LogP contribution >= 0.6 is 27.5 Å². The maximum Gasteiger partial charge on any atom is 0.319 e. The van der Waals surface area contributed by atoms with Gasteiger partial charge in [-0.2, -0.15) is 0 Å². The van der Waals surface area contributed by atoms with Crippen LogP contribution in [0.2, 0.25) is 5.02 Å². The number of ether oxygens (including phenoxy) is 1. The largest absolute Gasteiger partial charge is 0.378 e. The fourth-order valence-corrected chi connectivity index (χ4v) is 4.39. The summed E-state index contributed by atoms with van der Waals surface area (Å²) < 4.78 is 6.10. The third-order valence-electron chi connectivity index (χ3n) is 5.38. The minimum absolute atomic E-state index is 0.0572. The lowest BCUT2D eigenvalue weighted by molar-refractivity contribution is -0.144. The summed E-state index contributed by atoms with van der Waals surface area (Å²) in [5.41, 5.74) is 0.458. The van der Waals surface area contributed by atoms with E-state index < -0.39 is 12.1 Å². The second-order valence-corrected chi connectivity index (χ2v) is 8.80. The summed E-state index contributed by atoms with van der Waals surface area (Å²) in [4.78, 5) is 41.1. The van der Waals surface area contributed by atoms with Gasteiger partial charge in [-0.15, -0.1) is 0 Å². The molecule has 2 N–H and O–H groups in total. The van der Waals surface area contributed by atoms with Gasteiger partial charge in [0.15, 0.2) is 0 Å². The molecule has 2 aliphatic heterocycles. The molecule has 1 aromatic carbocycles. The zero-order valence-corrected chi connectivity index (χ0v) is 19.2. The summed E-state index contributed by atoms with van der Waals surface area (Å²) in [6, 6.07) is 3.92. The number of nitrogens with zero attached hydrogens (tertiary/aromatic N) is 2. The number of carbonyl (C=O) groups is 3. The molecule has 0 spiro atoms. The predicted octanol–water partition coefficient (Wildman–Crippen LogP) is 2.71. The molecule has 2 heterocycles. The van der Waals surface area contributed by atoms with Gasteiger partial charge >= 0.3 is 6.03 Å². The molecule has 2 saturated heterocycles. The fraction of sp³-hybridized carbons (Fsp3) is 0.550. The second kappa shape index (κ2) is 10.5. The number of nitrogens with one attached hydrogen (secondary N) is 2. The van der Waals surface area contributed by atoms with Gasteiger partial charge in [0.05, 0.1) is 23.9 Å². The highest BCUT2D eigenvalue weighted by atomic mass is 79.9. The van der Waals surface area contributed by atoms with Crippen molar-refractivity contribution in [2.75, 3.05) is 44.7 Å². The Hall–Kier alpha value is -1.84. The third kappa shape index (κ3) is 5.86. The van der Waals surface area contributed by atoms with Gasteiger partial charge in [-0.3, -0.25) is 9.59 Å². The SMILES string of the molecule is C[C@@H](NC(=O)Nc1ccc(Br)cc1Cl)C(=O)N1CCC(C(=O)N2CCOCC2)CC1. The Morgan fingerprint density at radius 2 is 1.80 bits per heavy atom. The van der Waals surface area contributed by atoms with Crippen LogP contribution in [0.15, 0.2) is 22.7 Å². The van der Waals surface area contributed by atoms with Crippen LogP contribution in [0.3, 0.4) is 0 Å². The van der Waals surface area contributed by atoms with Crippen molar-refractivity contribution in [1.82, 2.24) is 15.1 Å². The van der Waals surface area contributed by atoms with Crippen LogP contribution in [0, 0.1) is 5.92 Å². The number of amides is 4. The zero-order valence-electron chi connectivity index (χ0n) is 16.8. The Labute approximate surface area is 189 Å². The molecule has 1 aromatic rings. The van der Waals surface area contributed by atoms with Crippen molar-refractivity contribution in [3.63, 3.8) is 0 Å². The van der Waals surface area contributed by atoms with Gasteiger partial charge in [-0.1, -0.05) is 27.5 Å². The lowest BCUT2D eigenvalue weighted by atomic mass is 9.94. The molecule has 0 bridgehead atoms. The number of hydrogen-bond donors (Lipinski definition) is 2. The molecule has 1 atom stereocenters. The van der Waals surface area contributed by atoms with Crippen molar-refractivity contribution in [1.29, 1.82) is 0 Å². The summed E-state index contributed by atoms with van der Waals surface area (Å²) >= 11 is 9.41. The van der Waals surface area contributed by atoms with E-state index in [0.717, 1.165) is 4.47 Å². The quantitative estimate of drug-likeness (QED) is 0.664. The van der Waals surface area contributed by atoms with Crippen molar-refractivity contribution in [2.45, 2.75) is 25.8 Å². The Morgan fingerprint density at radius 3 is 2.43 bits per heavy atom. The van der Waals surface area contributed by atoms with E-state index in [1.807, 2.05) is 4.90 Å². The number of rotatable bonds is 4. The molecule has 0 aromatic heterocycles. The van der Waals surface area contributed by atoms with Gasteiger partial charge in [-0.25, -0.2) is 4.79 Å². The van der Waals surface area contributed by atoms with E-state index in [1.165, 1.54) is 0 Å². The van der Waals surface area contributed by atoms with Gasteiger partial charge in [0, 0.05) is 36.6 Å². The van der Waals surface area contributed by atoms with E-state index in [4.69, 9.17) is 16.3 Å². The lowest BCUT2D eigenvalue weighted by Crippen LogP contribution is -2.52. The number of anilines is 1. The molecule has 2 fully saturated rings. The Balaban J connectivity index is 1.45. The van der Waals surface area contributed by atoms with E-state index >= 15 is 0 Å². The lowest BCUT2D eigenvalue weighted by Gasteiger charge is -2.36. The number of carbonyl (C=O) groups excluding carboxylic acids is 3. The molecule has 0 unspecified atom stereocenters. The average Bonchev–Trinajstić information content (AvgIpc) is 2.75. The number of benzene rings is 1. The normalized spacial score (nSPS) is 18.6. The summed E-state index contributed by atoms with van der Waals surface area (Å²) in [5.74, 6) is -0.0649. The standard InChI is InChI=1S/C20H26BrClN4O4/c1-13(23-20(29)24-17-3-2-15(21)12-16(17)22)18(27)25-6-4-14(5-7-25)19(28)26-8-10-30-11-9-26/h2-3,12-14H,4-11H2,1H3,(H2,23,24,29)/t13-/m1/s1. The second-order valence-electron chi connectivity index (χ2n) is 7.48. The Kier molecular flexibility index (Phi) is 7.96. The molecular formula is C20H26BrClN4O4. The predicted molar refractivity (Wildman–Crippen MR) is 117 cm³/mol. The molecule has 164 valence electrons. The van der Waals surface area contributed by atoms with Gasteiger partial charge in [0.25, 0.3) is 0 Å². The van der Waals surface area contributed by atoms with Gasteiger partial charge in [0.1, 0.15) is 6.04 Å². The monoisotopic (exact) mass is 500 g/mol. The number of halogens is 2. The first-order valence-electron chi connectivity index (χ1n) is 10.0. The van der Waals surface area contributed by atoms with Crippen molar-refractivity contribution in [3.05, 3.63) is 27.7 Å². The van der Waals surface area contributed by atoms with Gasteiger partial charge in [0.2, 0.25) is 11.8 Å². The highest BCUT2D eigenvalue weighted by Crippen LogP contribution is 2.25. The Bertz CT molecular complexity index is 795. The molecule has 8 nitrogen and oxygen atoms in total. The van der Waals surface area contributed by atoms with Crippen LogP contribution in [-0.2, 0) is 14.3 Å². The van der Waals surface area contributed by atoms with Crippen molar-refractivity contribution in [2.24, 2.45) is 5.92 Å². The highest BCUT2D eigenvalue weighted by Gasteiger charge is 2.32. The molecule has 0 saturated carbocycles. The van der Waals surface area contributed by atoms with Gasteiger partial charge < -0.3 is 25.2 Å². The smallest absolute Gasteiger partial charge is 0.319 e. The summed E-state index contributed by atoms with van der Waals surface area (Å²) in [5, 5.41) is 5.70. The van der Waals surface area contributed by atoms with Crippen molar-refractivity contribution < 1.29 is 19.1 Å². The average molecular weight is 502 g/mol. The molecule has 2 aliphatic rings. The summed E-state index contributed by atoms with van der Waals surface area (Å²) in [6.45, 7) is 5.10. The van der Waals surface area contributed by atoms with Crippen LogP contribution in [0.4, 0.5) is 10.5 Å². The minimum Gasteiger partial charge on any atom is -0.378 e. The molecular weight excluding hydrogens is 476 g/mol. The van der Waals surface area contributed by atoms with E-state index in [9.17, 15) is 14.4 Å². The summed E-state index contributed by atoms with van der Waals surface area (Å²) in [6.07, 6.45) is 1.27. The number of hydrogen-bond acceptors (Lipinski definition) is 4. The van der Waals surface area contributed by atoms with Gasteiger partial charge in [-0.05, 0) is 38.0 Å². The first-order chi connectivity index (χ1) is 14.3. The topological polar surface area (TPSA) is 91.0 Å². The van der Waals surface area contributed by atoms with Crippen LogP contribution < -0.4 is 10.6 Å². The van der Waals surface area contributed by atoms with Crippen molar-refractivity contribution >= 4 is 51.1 Å². The molecule has 10 heteroatoms. The maximum absolute atomic E-state index is 12.7. The Morgan fingerprint density at radius 1 is 1.13 bits per heavy atom.